The molecule has 1 N–H and O–H groups in total. The van der Waals surface area contributed by atoms with E-state index in [1.54, 1.807) is 18.5 Å². The molecule has 0 saturated heterocycles. The van der Waals surface area contributed by atoms with Crippen LogP contribution in [0.4, 0.5) is 5.69 Å². The lowest BCUT2D eigenvalue weighted by Gasteiger charge is -2.14. The van der Waals surface area contributed by atoms with Gasteiger partial charge in [-0.3, -0.25) is 9.69 Å². The van der Waals surface area contributed by atoms with Crippen LogP contribution < -0.4 is 5.32 Å². The van der Waals surface area contributed by atoms with Gasteiger partial charge in [-0.05, 0) is 34.9 Å². The van der Waals surface area contributed by atoms with Crippen molar-refractivity contribution in [3.05, 3.63) is 89.5 Å². The molecule has 0 radical (unpaired) electrons. The highest BCUT2D eigenvalue weighted by molar-refractivity contribution is 6.01. The van der Waals surface area contributed by atoms with E-state index in [2.05, 4.69) is 55.6 Å². The van der Waals surface area contributed by atoms with Crippen LogP contribution in [0.3, 0.4) is 0 Å². The van der Waals surface area contributed by atoms with Crippen LogP contribution in [0.5, 0.6) is 0 Å². The third-order valence-corrected chi connectivity index (χ3v) is 4.82. The zero-order valence-electron chi connectivity index (χ0n) is 15.1. The number of carbonyl (C=O) groups is 1. The number of aromatic nitrogens is 4. The van der Waals surface area contributed by atoms with Crippen LogP contribution in [0.1, 0.15) is 27.3 Å². The maximum Gasteiger partial charge on any atom is 0.295 e. The van der Waals surface area contributed by atoms with Gasteiger partial charge in [-0.25, -0.2) is 9.50 Å². The van der Waals surface area contributed by atoms with Crippen LogP contribution in [0.25, 0.3) is 5.78 Å². The molecular formula is C21H18N6O. The molecule has 4 aromatic rings. The topological polar surface area (TPSA) is 75.4 Å². The summed E-state index contributed by atoms with van der Waals surface area (Å²) in [5.41, 5.74) is 4.58. The Morgan fingerprint density at radius 3 is 2.75 bits per heavy atom. The van der Waals surface area contributed by atoms with Crippen molar-refractivity contribution in [2.75, 3.05) is 5.32 Å². The lowest BCUT2D eigenvalue weighted by Crippen LogP contribution is -2.15. The van der Waals surface area contributed by atoms with E-state index in [-0.39, 0.29) is 11.7 Å². The molecule has 0 aliphatic carbocycles. The summed E-state index contributed by atoms with van der Waals surface area (Å²) in [5, 5.41) is 7.05. The number of rotatable bonds is 4. The number of amides is 1. The Bertz CT molecular complexity index is 1120. The average Bonchev–Trinajstić information content (AvgIpc) is 3.32. The maximum absolute atomic E-state index is 12.5. The van der Waals surface area contributed by atoms with Gasteiger partial charge in [-0.15, -0.1) is 5.10 Å². The Morgan fingerprint density at radius 2 is 1.89 bits per heavy atom. The van der Waals surface area contributed by atoms with Gasteiger partial charge in [0.15, 0.2) is 0 Å². The maximum atomic E-state index is 12.5. The Kier molecular flexibility index (Phi) is 4.06. The van der Waals surface area contributed by atoms with Crippen molar-refractivity contribution in [3.8, 4) is 0 Å². The first-order valence-electron chi connectivity index (χ1n) is 9.11. The van der Waals surface area contributed by atoms with Crippen LogP contribution in [-0.2, 0) is 19.6 Å². The first kappa shape index (κ1) is 16.6. The Labute approximate surface area is 161 Å². The molecule has 138 valence electrons. The van der Waals surface area contributed by atoms with E-state index >= 15 is 0 Å². The normalized spacial score (nSPS) is 13.6. The van der Waals surface area contributed by atoms with Gasteiger partial charge in [0.1, 0.15) is 0 Å². The number of hydrogen-bond acceptors (Lipinski definition) is 5. The predicted molar refractivity (Wildman–Crippen MR) is 105 cm³/mol. The summed E-state index contributed by atoms with van der Waals surface area (Å²) < 4.78 is 1.49. The lowest BCUT2D eigenvalue weighted by atomic mass is 10.1. The second-order valence-electron chi connectivity index (χ2n) is 6.87. The Hall–Kier alpha value is -3.58. The van der Waals surface area contributed by atoms with Crippen molar-refractivity contribution in [1.29, 1.82) is 0 Å². The molecule has 28 heavy (non-hydrogen) atoms. The minimum atomic E-state index is -0.343. The fourth-order valence-electron chi connectivity index (χ4n) is 3.51. The van der Waals surface area contributed by atoms with Crippen LogP contribution in [0.15, 0.2) is 67.0 Å². The van der Waals surface area contributed by atoms with Gasteiger partial charge >= 0.3 is 0 Å². The summed E-state index contributed by atoms with van der Waals surface area (Å²) in [6, 6.07) is 18.2. The standard InChI is InChI=1S/C21H18N6O/c28-20(19-24-21-22-9-4-10-27(21)25-19)23-18-8-7-16-13-26(14-17(16)11-18)12-15-5-2-1-3-6-15/h1-11H,12-14H2,(H,23,28). The van der Waals surface area contributed by atoms with E-state index in [4.69, 9.17) is 0 Å². The molecule has 2 aromatic heterocycles. The number of fused-ring (bicyclic) bond motifs is 2. The van der Waals surface area contributed by atoms with Crippen molar-refractivity contribution < 1.29 is 4.79 Å². The van der Waals surface area contributed by atoms with Gasteiger partial charge in [-0.1, -0.05) is 36.4 Å². The molecule has 1 amide bonds. The smallest absolute Gasteiger partial charge is 0.295 e. The SMILES string of the molecule is O=C(Nc1ccc2c(c1)CN(Cc1ccccc1)C2)c1nc2ncccn2n1. The van der Waals surface area contributed by atoms with E-state index in [1.165, 1.54) is 21.2 Å². The van der Waals surface area contributed by atoms with E-state index in [1.807, 2.05) is 18.2 Å². The van der Waals surface area contributed by atoms with E-state index in [0.717, 1.165) is 25.3 Å². The van der Waals surface area contributed by atoms with E-state index < -0.39 is 0 Å². The average molecular weight is 370 g/mol. The molecule has 0 saturated carbocycles. The third kappa shape index (κ3) is 3.23. The fourth-order valence-corrected chi connectivity index (χ4v) is 3.51. The van der Waals surface area contributed by atoms with E-state index in [0.29, 0.717) is 5.78 Å². The Morgan fingerprint density at radius 1 is 1.04 bits per heavy atom. The molecule has 7 nitrogen and oxygen atoms in total. The van der Waals surface area contributed by atoms with Gasteiger partial charge in [0.2, 0.25) is 5.82 Å². The number of nitrogens with zero attached hydrogens (tertiary/aromatic N) is 5. The van der Waals surface area contributed by atoms with E-state index in [9.17, 15) is 4.79 Å². The summed E-state index contributed by atoms with van der Waals surface area (Å²) in [6.45, 7) is 2.69. The number of benzene rings is 2. The van der Waals surface area contributed by atoms with Crippen molar-refractivity contribution in [2.24, 2.45) is 0 Å². The molecule has 2 aromatic carbocycles. The van der Waals surface area contributed by atoms with Crippen molar-refractivity contribution in [2.45, 2.75) is 19.6 Å². The van der Waals surface area contributed by atoms with Crippen LogP contribution in [0, 0.1) is 0 Å². The molecule has 0 spiro atoms. The highest BCUT2D eigenvalue weighted by Gasteiger charge is 2.20. The van der Waals surface area contributed by atoms with Gasteiger partial charge < -0.3 is 5.32 Å². The molecule has 0 fully saturated rings. The number of anilines is 1. The number of nitrogens with one attached hydrogen (secondary N) is 1. The minimum Gasteiger partial charge on any atom is -0.319 e. The molecule has 1 aliphatic heterocycles. The van der Waals surface area contributed by atoms with Gasteiger partial charge in [0.25, 0.3) is 11.7 Å². The highest BCUT2D eigenvalue weighted by Crippen LogP contribution is 2.27. The zero-order chi connectivity index (χ0) is 18.9. The monoisotopic (exact) mass is 370 g/mol. The molecule has 0 atom stereocenters. The number of carbonyl (C=O) groups excluding carboxylic acids is 1. The zero-order valence-corrected chi connectivity index (χ0v) is 15.1. The molecule has 7 heteroatoms. The van der Waals surface area contributed by atoms with Crippen LogP contribution in [-0.4, -0.2) is 30.4 Å². The fraction of sp³-hybridized carbons (Fsp3) is 0.143. The highest BCUT2D eigenvalue weighted by atomic mass is 16.2. The Balaban J connectivity index is 1.29. The first-order valence-corrected chi connectivity index (χ1v) is 9.11. The van der Waals surface area contributed by atoms with Crippen molar-refractivity contribution in [1.82, 2.24) is 24.5 Å². The predicted octanol–water partition coefficient (Wildman–Crippen LogP) is 2.89. The molecule has 1 aliphatic rings. The molecular weight excluding hydrogens is 352 g/mol. The van der Waals surface area contributed by atoms with Crippen molar-refractivity contribution in [3.63, 3.8) is 0 Å². The molecule has 3 heterocycles. The second-order valence-corrected chi connectivity index (χ2v) is 6.87. The summed E-state index contributed by atoms with van der Waals surface area (Å²) in [7, 11) is 0. The van der Waals surface area contributed by atoms with Gasteiger partial charge in [-0.2, -0.15) is 4.98 Å². The molecule has 5 rings (SSSR count). The largest absolute Gasteiger partial charge is 0.319 e. The summed E-state index contributed by atoms with van der Waals surface area (Å²) in [6.07, 6.45) is 3.33. The minimum absolute atomic E-state index is 0.102. The molecule has 0 unspecified atom stereocenters. The second kappa shape index (κ2) is 6.86. The van der Waals surface area contributed by atoms with Gasteiger partial charge in [0, 0.05) is 37.7 Å². The van der Waals surface area contributed by atoms with Crippen LogP contribution in [0.2, 0.25) is 0 Å². The quantitative estimate of drug-likeness (QED) is 0.598. The van der Waals surface area contributed by atoms with Crippen molar-refractivity contribution >= 4 is 17.4 Å². The molecule has 0 bridgehead atoms. The first-order chi connectivity index (χ1) is 13.7. The van der Waals surface area contributed by atoms with Crippen LogP contribution >= 0.6 is 0 Å². The lowest BCUT2D eigenvalue weighted by molar-refractivity contribution is 0.101. The summed E-state index contributed by atoms with van der Waals surface area (Å²) >= 11 is 0. The number of hydrogen-bond donors (Lipinski definition) is 1. The summed E-state index contributed by atoms with van der Waals surface area (Å²) in [4.78, 5) is 23.1. The third-order valence-electron chi connectivity index (χ3n) is 4.82. The van der Waals surface area contributed by atoms with Gasteiger partial charge in [0.05, 0.1) is 0 Å². The summed E-state index contributed by atoms with van der Waals surface area (Å²) in [5.74, 6) is 0.160.